The van der Waals surface area contributed by atoms with Gasteiger partial charge in [-0.25, -0.2) is 0 Å². The highest BCUT2D eigenvalue weighted by molar-refractivity contribution is 5.85. The third kappa shape index (κ3) is 3.61. The monoisotopic (exact) mass is 270 g/mol. The van der Waals surface area contributed by atoms with E-state index in [-0.39, 0.29) is 12.4 Å². The smallest absolute Gasteiger partial charge is 0.118 e. The van der Waals surface area contributed by atoms with Crippen LogP contribution in [0.3, 0.4) is 0 Å². The van der Waals surface area contributed by atoms with Gasteiger partial charge in [-0.1, -0.05) is 19.1 Å². The summed E-state index contributed by atoms with van der Waals surface area (Å²) in [6.45, 7) is 6.34. The Morgan fingerprint density at radius 1 is 1.33 bits per heavy atom. The average molecular weight is 271 g/mol. The van der Waals surface area contributed by atoms with Crippen LogP contribution in [0.25, 0.3) is 0 Å². The fraction of sp³-hybridized carbons (Fsp3) is 0.571. The average Bonchev–Trinajstić information content (AvgIpc) is 2.73. The number of halogens is 1. The Morgan fingerprint density at radius 2 is 2.00 bits per heavy atom. The fourth-order valence-electron chi connectivity index (χ4n) is 2.42. The van der Waals surface area contributed by atoms with Crippen molar-refractivity contribution < 1.29 is 4.74 Å². The van der Waals surface area contributed by atoms with E-state index in [1.807, 2.05) is 12.1 Å². The zero-order valence-corrected chi connectivity index (χ0v) is 12.0. The van der Waals surface area contributed by atoms with Gasteiger partial charge in [-0.2, -0.15) is 0 Å². The Bertz CT molecular complexity index is 369. The summed E-state index contributed by atoms with van der Waals surface area (Å²) in [5, 5.41) is 0. The van der Waals surface area contributed by atoms with Gasteiger partial charge in [-0.05, 0) is 42.6 Å². The SMILES string of the molecule is COc1ccc(CN2CCC(C)(CN)C2)cc1.Cl. The highest BCUT2D eigenvalue weighted by Gasteiger charge is 2.32. The molecule has 1 aliphatic rings. The first-order valence-electron chi connectivity index (χ1n) is 6.20. The molecule has 3 nitrogen and oxygen atoms in total. The second kappa shape index (κ2) is 6.41. The summed E-state index contributed by atoms with van der Waals surface area (Å²) in [4.78, 5) is 2.48. The van der Waals surface area contributed by atoms with Crippen LogP contribution in [0.15, 0.2) is 24.3 Å². The lowest BCUT2D eigenvalue weighted by Crippen LogP contribution is -2.31. The molecular formula is C14H23ClN2O. The Balaban J connectivity index is 0.00000162. The highest BCUT2D eigenvalue weighted by Crippen LogP contribution is 2.29. The molecule has 1 fully saturated rings. The van der Waals surface area contributed by atoms with Gasteiger partial charge in [0.2, 0.25) is 0 Å². The Morgan fingerprint density at radius 3 is 2.50 bits per heavy atom. The van der Waals surface area contributed by atoms with Crippen molar-refractivity contribution in [3.63, 3.8) is 0 Å². The molecule has 1 saturated heterocycles. The van der Waals surface area contributed by atoms with Crippen LogP contribution >= 0.6 is 12.4 Å². The van der Waals surface area contributed by atoms with Crippen LogP contribution in [-0.2, 0) is 6.54 Å². The lowest BCUT2D eigenvalue weighted by molar-refractivity contribution is 0.274. The maximum absolute atomic E-state index is 5.82. The van der Waals surface area contributed by atoms with E-state index in [1.54, 1.807) is 7.11 Å². The molecule has 0 aliphatic carbocycles. The molecule has 4 heteroatoms. The van der Waals surface area contributed by atoms with Gasteiger partial charge in [0.25, 0.3) is 0 Å². The molecular weight excluding hydrogens is 248 g/mol. The number of hydrogen-bond donors (Lipinski definition) is 1. The van der Waals surface area contributed by atoms with Gasteiger partial charge in [-0.3, -0.25) is 4.90 Å². The summed E-state index contributed by atoms with van der Waals surface area (Å²) in [7, 11) is 1.70. The number of nitrogens with zero attached hydrogens (tertiary/aromatic N) is 1. The zero-order chi connectivity index (χ0) is 12.3. The van der Waals surface area contributed by atoms with Crippen LogP contribution in [0.5, 0.6) is 5.75 Å². The van der Waals surface area contributed by atoms with Crippen LogP contribution in [0, 0.1) is 5.41 Å². The minimum atomic E-state index is 0. The number of rotatable bonds is 4. The van der Waals surface area contributed by atoms with Gasteiger partial charge >= 0.3 is 0 Å². The van der Waals surface area contributed by atoms with Crippen LogP contribution in [-0.4, -0.2) is 31.6 Å². The van der Waals surface area contributed by atoms with Gasteiger partial charge < -0.3 is 10.5 Å². The summed E-state index contributed by atoms with van der Waals surface area (Å²) < 4.78 is 5.16. The second-order valence-electron chi connectivity index (χ2n) is 5.32. The van der Waals surface area contributed by atoms with E-state index < -0.39 is 0 Å². The molecule has 18 heavy (non-hydrogen) atoms. The molecule has 0 amide bonds. The van der Waals surface area contributed by atoms with Gasteiger partial charge in [0.1, 0.15) is 5.75 Å². The first-order valence-corrected chi connectivity index (χ1v) is 6.20. The first-order chi connectivity index (χ1) is 8.15. The molecule has 0 aromatic heterocycles. The van der Waals surface area contributed by atoms with Gasteiger partial charge in [0.05, 0.1) is 7.11 Å². The van der Waals surface area contributed by atoms with E-state index in [1.165, 1.54) is 12.0 Å². The highest BCUT2D eigenvalue weighted by atomic mass is 35.5. The third-order valence-corrected chi connectivity index (χ3v) is 3.69. The molecule has 1 heterocycles. The number of benzene rings is 1. The molecule has 2 rings (SSSR count). The number of nitrogens with two attached hydrogens (primary N) is 1. The summed E-state index contributed by atoms with van der Waals surface area (Å²) in [6, 6.07) is 8.31. The minimum Gasteiger partial charge on any atom is -0.497 e. The second-order valence-corrected chi connectivity index (χ2v) is 5.32. The van der Waals surface area contributed by atoms with E-state index in [4.69, 9.17) is 10.5 Å². The zero-order valence-electron chi connectivity index (χ0n) is 11.2. The Labute approximate surface area is 116 Å². The molecule has 0 radical (unpaired) electrons. The lowest BCUT2D eigenvalue weighted by Gasteiger charge is -2.22. The molecule has 102 valence electrons. The van der Waals surface area contributed by atoms with E-state index >= 15 is 0 Å². The number of hydrogen-bond acceptors (Lipinski definition) is 3. The van der Waals surface area contributed by atoms with E-state index in [0.717, 1.165) is 31.9 Å². The summed E-state index contributed by atoms with van der Waals surface area (Å²) in [5.74, 6) is 0.918. The molecule has 1 aromatic rings. The molecule has 1 aliphatic heterocycles. The van der Waals surface area contributed by atoms with Crippen LogP contribution in [0.4, 0.5) is 0 Å². The molecule has 0 saturated carbocycles. The van der Waals surface area contributed by atoms with Gasteiger partial charge in [0, 0.05) is 13.1 Å². The van der Waals surface area contributed by atoms with Crippen molar-refractivity contribution in [3.05, 3.63) is 29.8 Å². The molecule has 1 aromatic carbocycles. The predicted molar refractivity (Wildman–Crippen MR) is 77.3 cm³/mol. The van der Waals surface area contributed by atoms with E-state index in [2.05, 4.69) is 24.0 Å². The van der Waals surface area contributed by atoms with E-state index in [9.17, 15) is 0 Å². The molecule has 0 spiro atoms. The van der Waals surface area contributed by atoms with Crippen molar-refractivity contribution in [2.75, 3.05) is 26.7 Å². The molecule has 0 bridgehead atoms. The maximum atomic E-state index is 5.82. The summed E-state index contributed by atoms with van der Waals surface area (Å²) >= 11 is 0. The number of methoxy groups -OCH3 is 1. The quantitative estimate of drug-likeness (QED) is 0.912. The van der Waals surface area contributed by atoms with Crippen molar-refractivity contribution in [2.24, 2.45) is 11.1 Å². The Hall–Kier alpha value is -0.770. The number of likely N-dealkylation sites (tertiary alicyclic amines) is 1. The van der Waals surface area contributed by atoms with E-state index in [0.29, 0.717) is 5.41 Å². The van der Waals surface area contributed by atoms with Crippen molar-refractivity contribution in [2.45, 2.75) is 19.9 Å². The van der Waals surface area contributed by atoms with Crippen molar-refractivity contribution in [3.8, 4) is 5.75 Å². The fourth-order valence-corrected chi connectivity index (χ4v) is 2.42. The number of ether oxygens (including phenoxy) is 1. The molecule has 2 N–H and O–H groups in total. The maximum Gasteiger partial charge on any atom is 0.118 e. The first kappa shape index (κ1) is 15.3. The third-order valence-electron chi connectivity index (χ3n) is 3.69. The molecule has 1 atom stereocenters. The summed E-state index contributed by atoms with van der Waals surface area (Å²) in [6.07, 6.45) is 1.21. The van der Waals surface area contributed by atoms with Crippen molar-refractivity contribution in [1.29, 1.82) is 0 Å². The largest absolute Gasteiger partial charge is 0.497 e. The Kier molecular flexibility index (Phi) is 5.45. The minimum absolute atomic E-state index is 0. The predicted octanol–water partition coefficient (Wildman–Crippen LogP) is 2.29. The van der Waals surface area contributed by atoms with Crippen molar-refractivity contribution in [1.82, 2.24) is 4.90 Å². The van der Waals surface area contributed by atoms with Crippen LogP contribution < -0.4 is 10.5 Å². The van der Waals surface area contributed by atoms with Crippen LogP contribution in [0.1, 0.15) is 18.9 Å². The standard InChI is InChI=1S/C14H22N2O.ClH/c1-14(10-15)7-8-16(11-14)9-12-3-5-13(17-2)6-4-12;/h3-6H,7-11,15H2,1-2H3;1H. The summed E-state index contributed by atoms with van der Waals surface area (Å²) in [5.41, 5.74) is 7.47. The van der Waals surface area contributed by atoms with Crippen LogP contribution in [0.2, 0.25) is 0 Å². The van der Waals surface area contributed by atoms with Crippen molar-refractivity contribution >= 4 is 12.4 Å². The van der Waals surface area contributed by atoms with Gasteiger partial charge in [0.15, 0.2) is 0 Å². The topological polar surface area (TPSA) is 38.5 Å². The lowest BCUT2D eigenvalue weighted by atomic mass is 9.90. The molecule has 1 unspecified atom stereocenters. The van der Waals surface area contributed by atoms with Gasteiger partial charge in [-0.15, -0.1) is 12.4 Å². The normalized spacial score (nSPS) is 23.7.